The van der Waals surface area contributed by atoms with Gasteiger partial charge in [-0.05, 0) is 24.8 Å². The summed E-state index contributed by atoms with van der Waals surface area (Å²) < 4.78 is 5.40. The molecule has 122 valence electrons. The van der Waals surface area contributed by atoms with Crippen molar-refractivity contribution in [1.29, 1.82) is 0 Å². The smallest absolute Gasteiger partial charge is 0.220 e. The Morgan fingerprint density at radius 1 is 1.39 bits per heavy atom. The molecule has 3 heterocycles. The number of hydrogen-bond acceptors (Lipinski definition) is 6. The number of nitrogens with one attached hydrogen (secondary N) is 1. The predicted octanol–water partition coefficient (Wildman–Crippen LogP) is 2.08. The van der Waals surface area contributed by atoms with Gasteiger partial charge < -0.3 is 10.1 Å². The topological polar surface area (TPSA) is 77.0 Å². The summed E-state index contributed by atoms with van der Waals surface area (Å²) in [6.07, 6.45) is 6.83. The first-order valence-electron chi connectivity index (χ1n) is 7.87. The highest BCUT2D eigenvalue weighted by atomic mass is 32.1. The van der Waals surface area contributed by atoms with E-state index in [1.54, 1.807) is 18.5 Å². The highest BCUT2D eigenvalue weighted by molar-refractivity contribution is 7.13. The van der Waals surface area contributed by atoms with Gasteiger partial charge in [0, 0.05) is 50.4 Å². The minimum Gasteiger partial charge on any atom is -0.381 e. The van der Waals surface area contributed by atoms with Crippen LogP contribution in [0.3, 0.4) is 0 Å². The molecule has 7 heteroatoms. The first kappa shape index (κ1) is 16.0. The van der Waals surface area contributed by atoms with E-state index in [2.05, 4.69) is 20.3 Å². The first-order chi connectivity index (χ1) is 11.3. The summed E-state index contributed by atoms with van der Waals surface area (Å²) in [6, 6.07) is 1.78. The third-order valence-corrected chi connectivity index (χ3v) is 4.63. The second-order valence-electron chi connectivity index (χ2n) is 5.60. The molecule has 1 atom stereocenters. The largest absolute Gasteiger partial charge is 0.381 e. The lowest BCUT2D eigenvalue weighted by atomic mass is 9.98. The van der Waals surface area contributed by atoms with Crippen molar-refractivity contribution in [3.63, 3.8) is 0 Å². The van der Waals surface area contributed by atoms with Crippen molar-refractivity contribution in [2.75, 3.05) is 19.8 Å². The maximum absolute atomic E-state index is 11.9. The Labute approximate surface area is 139 Å². The Bertz CT molecular complexity index is 626. The quantitative estimate of drug-likeness (QED) is 0.876. The van der Waals surface area contributed by atoms with Crippen LogP contribution in [0.5, 0.6) is 0 Å². The highest BCUT2D eigenvalue weighted by Crippen LogP contribution is 2.20. The number of carbonyl (C=O) groups is 1. The van der Waals surface area contributed by atoms with E-state index in [0.29, 0.717) is 31.3 Å². The fourth-order valence-electron chi connectivity index (χ4n) is 2.57. The van der Waals surface area contributed by atoms with Gasteiger partial charge in [-0.15, -0.1) is 11.3 Å². The van der Waals surface area contributed by atoms with E-state index in [1.165, 1.54) is 11.3 Å². The van der Waals surface area contributed by atoms with Gasteiger partial charge in [0.05, 0.1) is 5.69 Å². The van der Waals surface area contributed by atoms with E-state index < -0.39 is 0 Å². The van der Waals surface area contributed by atoms with Gasteiger partial charge in [0.2, 0.25) is 5.91 Å². The minimum absolute atomic E-state index is 0.0994. The molecule has 1 amide bonds. The van der Waals surface area contributed by atoms with Crippen LogP contribution in [0.2, 0.25) is 0 Å². The second-order valence-corrected chi connectivity index (χ2v) is 6.46. The van der Waals surface area contributed by atoms with Crippen LogP contribution in [0.25, 0.3) is 10.8 Å². The Morgan fingerprint density at radius 3 is 3.04 bits per heavy atom. The molecule has 23 heavy (non-hydrogen) atoms. The Hall–Kier alpha value is -1.86. The summed E-state index contributed by atoms with van der Waals surface area (Å²) in [5.41, 5.74) is 0.957. The zero-order valence-corrected chi connectivity index (χ0v) is 13.7. The summed E-state index contributed by atoms with van der Waals surface area (Å²) >= 11 is 1.52. The first-order valence-corrected chi connectivity index (χ1v) is 8.75. The number of thiazole rings is 1. The van der Waals surface area contributed by atoms with Crippen molar-refractivity contribution in [2.45, 2.75) is 25.7 Å². The lowest BCUT2D eigenvalue weighted by Crippen LogP contribution is -2.30. The Kier molecular flexibility index (Phi) is 5.65. The third-order valence-electron chi connectivity index (χ3n) is 3.74. The SMILES string of the molecule is O=C(C[C@H]1CCCOC1)NCCc1csc(-c2ncccn2)n1. The Morgan fingerprint density at radius 2 is 2.26 bits per heavy atom. The molecule has 0 aliphatic carbocycles. The number of carbonyl (C=O) groups excluding carboxylic acids is 1. The van der Waals surface area contributed by atoms with Gasteiger partial charge in [-0.25, -0.2) is 15.0 Å². The molecule has 1 aliphatic heterocycles. The van der Waals surface area contributed by atoms with Crippen LogP contribution in [0.4, 0.5) is 0 Å². The molecular formula is C16H20N4O2S. The van der Waals surface area contributed by atoms with Crippen LogP contribution in [0.1, 0.15) is 25.0 Å². The van der Waals surface area contributed by atoms with Crippen molar-refractivity contribution in [1.82, 2.24) is 20.3 Å². The summed E-state index contributed by atoms with van der Waals surface area (Å²) in [5.74, 6) is 1.11. The van der Waals surface area contributed by atoms with Gasteiger partial charge in [-0.3, -0.25) is 4.79 Å². The van der Waals surface area contributed by atoms with Crippen LogP contribution in [-0.2, 0) is 16.0 Å². The van der Waals surface area contributed by atoms with Gasteiger partial charge in [0.15, 0.2) is 10.8 Å². The third kappa shape index (κ3) is 4.80. The molecule has 2 aromatic heterocycles. The molecule has 2 aromatic rings. The van der Waals surface area contributed by atoms with Gasteiger partial charge in [0.1, 0.15) is 0 Å². The van der Waals surface area contributed by atoms with Crippen LogP contribution in [0, 0.1) is 5.92 Å². The molecule has 6 nitrogen and oxygen atoms in total. The molecule has 0 saturated carbocycles. The normalized spacial score (nSPS) is 17.8. The van der Waals surface area contributed by atoms with E-state index in [1.807, 2.05) is 5.38 Å². The standard InChI is InChI=1S/C16H20N4O2S/c21-14(9-12-3-1-8-22-10-12)17-7-4-13-11-23-16(20-13)15-18-5-2-6-19-15/h2,5-6,11-12H,1,3-4,7-10H2,(H,17,21)/t12-/m1/s1. The average Bonchev–Trinajstić information content (AvgIpc) is 3.05. The molecule has 1 fully saturated rings. The van der Waals surface area contributed by atoms with E-state index >= 15 is 0 Å². The fourth-order valence-corrected chi connectivity index (χ4v) is 3.37. The number of ether oxygens (including phenoxy) is 1. The molecule has 1 saturated heterocycles. The molecule has 0 radical (unpaired) electrons. The number of rotatable bonds is 6. The summed E-state index contributed by atoms with van der Waals surface area (Å²) in [7, 11) is 0. The minimum atomic E-state index is 0.0994. The maximum atomic E-state index is 11.9. The molecule has 0 unspecified atom stereocenters. The van der Waals surface area contributed by atoms with Crippen molar-refractivity contribution in [3.8, 4) is 10.8 Å². The van der Waals surface area contributed by atoms with Crippen LogP contribution >= 0.6 is 11.3 Å². The lowest BCUT2D eigenvalue weighted by Gasteiger charge is -2.21. The lowest BCUT2D eigenvalue weighted by molar-refractivity contribution is -0.123. The van der Waals surface area contributed by atoms with Gasteiger partial charge >= 0.3 is 0 Å². The van der Waals surface area contributed by atoms with Crippen molar-refractivity contribution in [2.24, 2.45) is 5.92 Å². The number of aromatic nitrogens is 3. The molecule has 1 aliphatic rings. The van der Waals surface area contributed by atoms with Crippen LogP contribution < -0.4 is 5.32 Å². The van der Waals surface area contributed by atoms with Gasteiger partial charge in [0.25, 0.3) is 0 Å². The number of nitrogens with zero attached hydrogens (tertiary/aromatic N) is 3. The maximum Gasteiger partial charge on any atom is 0.220 e. The predicted molar refractivity (Wildman–Crippen MR) is 88.0 cm³/mol. The molecule has 3 rings (SSSR count). The average molecular weight is 332 g/mol. The zero-order chi connectivity index (χ0) is 15.9. The van der Waals surface area contributed by atoms with Gasteiger partial charge in [-0.2, -0.15) is 0 Å². The van der Waals surface area contributed by atoms with Gasteiger partial charge in [-0.1, -0.05) is 0 Å². The fraction of sp³-hybridized carbons (Fsp3) is 0.500. The molecular weight excluding hydrogens is 312 g/mol. The number of amides is 1. The highest BCUT2D eigenvalue weighted by Gasteiger charge is 2.17. The summed E-state index contributed by atoms with van der Waals surface area (Å²) in [5, 5.41) is 5.77. The number of hydrogen-bond donors (Lipinski definition) is 1. The molecule has 0 spiro atoms. The van der Waals surface area contributed by atoms with E-state index in [-0.39, 0.29) is 5.91 Å². The van der Waals surface area contributed by atoms with Crippen LogP contribution in [0.15, 0.2) is 23.8 Å². The van der Waals surface area contributed by atoms with E-state index in [4.69, 9.17) is 4.74 Å². The second kappa shape index (κ2) is 8.12. The molecule has 0 aromatic carbocycles. The zero-order valence-electron chi connectivity index (χ0n) is 12.9. The summed E-state index contributed by atoms with van der Waals surface area (Å²) in [4.78, 5) is 24.8. The molecule has 0 bridgehead atoms. The summed E-state index contributed by atoms with van der Waals surface area (Å²) in [6.45, 7) is 2.14. The monoisotopic (exact) mass is 332 g/mol. The van der Waals surface area contributed by atoms with E-state index in [9.17, 15) is 4.79 Å². The van der Waals surface area contributed by atoms with Crippen molar-refractivity contribution >= 4 is 17.2 Å². The van der Waals surface area contributed by atoms with Crippen molar-refractivity contribution in [3.05, 3.63) is 29.5 Å². The van der Waals surface area contributed by atoms with Crippen molar-refractivity contribution < 1.29 is 9.53 Å². The van der Waals surface area contributed by atoms with Crippen LogP contribution in [-0.4, -0.2) is 40.6 Å². The molecule has 1 N–H and O–H groups in total. The van der Waals surface area contributed by atoms with E-state index in [0.717, 1.165) is 36.6 Å². The Balaban J connectivity index is 1.42.